The number of benzene rings is 2. The fourth-order valence-electron chi connectivity index (χ4n) is 1.87. The number of hydrogen-bond acceptors (Lipinski definition) is 4. The number of ether oxygens (including phenoxy) is 2. The molecule has 0 aliphatic carbocycles. The Morgan fingerprint density at radius 2 is 1.82 bits per heavy atom. The number of hydrogen-bond donors (Lipinski definition) is 2. The summed E-state index contributed by atoms with van der Waals surface area (Å²) in [6.07, 6.45) is 0. The van der Waals surface area contributed by atoms with Crippen molar-refractivity contribution >= 4 is 28.9 Å². The highest BCUT2D eigenvalue weighted by Crippen LogP contribution is 2.27. The Hall–Kier alpha value is -2.40. The van der Waals surface area contributed by atoms with E-state index in [0.29, 0.717) is 22.1 Å². The Morgan fingerprint density at radius 1 is 1.09 bits per heavy atom. The van der Waals surface area contributed by atoms with Gasteiger partial charge in [-0.25, -0.2) is 0 Å². The van der Waals surface area contributed by atoms with Crippen molar-refractivity contribution in [1.82, 2.24) is 0 Å². The Morgan fingerprint density at radius 3 is 2.45 bits per heavy atom. The van der Waals surface area contributed by atoms with E-state index in [0.717, 1.165) is 5.75 Å². The van der Waals surface area contributed by atoms with Gasteiger partial charge < -0.3 is 20.1 Å². The zero-order chi connectivity index (χ0) is 15.9. The number of rotatable bonds is 6. The third-order valence-corrected chi connectivity index (χ3v) is 3.21. The van der Waals surface area contributed by atoms with E-state index in [-0.39, 0.29) is 12.5 Å². The molecular formula is C16H17ClN2O3. The van der Waals surface area contributed by atoms with Crippen molar-refractivity contribution in [3.63, 3.8) is 0 Å². The molecule has 0 spiro atoms. The molecule has 5 nitrogen and oxygen atoms in total. The van der Waals surface area contributed by atoms with Crippen molar-refractivity contribution < 1.29 is 14.3 Å². The Kier molecular flexibility index (Phi) is 5.49. The summed E-state index contributed by atoms with van der Waals surface area (Å²) in [6, 6.07) is 12.3. The molecule has 2 aromatic rings. The summed E-state index contributed by atoms with van der Waals surface area (Å²) < 4.78 is 10.3. The molecule has 0 bridgehead atoms. The van der Waals surface area contributed by atoms with Gasteiger partial charge in [-0.1, -0.05) is 11.6 Å². The molecule has 0 aliphatic rings. The lowest BCUT2D eigenvalue weighted by Gasteiger charge is -2.12. The SMILES string of the molecule is COc1ccc(NC(=O)CNc2cc(Cl)ccc2OC)cc1. The minimum atomic E-state index is -0.174. The first-order chi connectivity index (χ1) is 10.6. The van der Waals surface area contributed by atoms with Gasteiger partial charge in [0.15, 0.2) is 0 Å². The van der Waals surface area contributed by atoms with Gasteiger partial charge in [0.2, 0.25) is 5.91 Å². The fourth-order valence-corrected chi connectivity index (χ4v) is 2.05. The molecule has 0 fully saturated rings. The highest BCUT2D eigenvalue weighted by atomic mass is 35.5. The molecule has 2 rings (SSSR count). The highest BCUT2D eigenvalue weighted by Gasteiger charge is 2.07. The first-order valence-electron chi connectivity index (χ1n) is 6.63. The number of anilines is 2. The minimum absolute atomic E-state index is 0.0999. The first-order valence-corrected chi connectivity index (χ1v) is 7.01. The van der Waals surface area contributed by atoms with E-state index in [2.05, 4.69) is 10.6 Å². The van der Waals surface area contributed by atoms with Gasteiger partial charge in [0.05, 0.1) is 26.5 Å². The molecule has 0 radical (unpaired) electrons. The van der Waals surface area contributed by atoms with E-state index in [4.69, 9.17) is 21.1 Å². The molecule has 0 unspecified atom stereocenters. The van der Waals surface area contributed by atoms with Gasteiger partial charge in [0.25, 0.3) is 0 Å². The summed E-state index contributed by atoms with van der Waals surface area (Å²) in [5.41, 5.74) is 1.37. The smallest absolute Gasteiger partial charge is 0.243 e. The number of carbonyl (C=O) groups is 1. The molecule has 0 aliphatic heterocycles. The molecule has 2 N–H and O–H groups in total. The van der Waals surface area contributed by atoms with Crippen LogP contribution >= 0.6 is 11.6 Å². The normalized spacial score (nSPS) is 9.95. The summed E-state index contributed by atoms with van der Waals surface area (Å²) in [6.45, 7) is 0.0999. The van der Waals surface area contributed by atoms with Crippen LogP contribution in [0.25, 0.3) is 0 Å². The van der Waals surface area contributed by atoms with Crippen LogP contribution in [0.3, 0.4) is 0 Å². The maximum Gasteiger partial charge on any atom is 0.243 e. The van der Waals surface area contributed by atoms with Gasteiger partial charge >= 0.3 is 0 Å². The predicted octanol–water partition coefficient (Wildman–Crippen LogP) is 3.41. The first kappa shape index (κ1) is 16.0. The van der Waals surface area contributed by atoms with E-state index in [1.807, 2.05) is 0 Å². The van der Waals surface area contributed by atoms with E-state index >= 15 is 0 Å². The molecular weight excluding hydrogens is 304 g/mol. The predicted molar refractivity (Wildman–Crippen MR) is 88.1 cm³/mol. The third-order valence-electron chi connectivity index (χ3n) is 2.97. The number of amides is 1. The molecule has 0 aromatic heterocycles. The monoisotopic (exact) mass is 320 g/mol. The summed E-state index contributed by atoms with van der Waals surface area (Å²) in [5, 5.41) is 6.35. The molecule has 0 heterocycles. The van der Waals surface area contributed by atoms with Gasteiger partial charge in [-0.3, -0.25) is 4.79 Å². The second-order valence-electron chi connectivity index (χ2n) is 4.47. The van der Waals surface area contributed by atoms with E-state index in [1.165, 1.54) is 0 Å². The lowest BCUT2D eigenvalue weighted by Crippen LogP contribution is -2.21. The van der Waals surface area contributed by atoms with E-state index in [1.54, 1.807) is 56.7 Å². The van der Waals surface area contributed by atoms with Crippen LogP contribution in [-0.2, 0) is 4.79 Å². The Labute approximate surface area is 134 Å². The van der Waals surface area contributed by atoms with Crippen molar-refractivity contribution in [2.45, 2.75) is 0 Å². The Balaban J connectivity index is 1.93. The molecule has 116 valence electrons. The van der Waals surface area contributed by atoms with E-state index < -0.39 is 0 Å². The van der Waals surface area contributed by atoms with Crippen LogP contribution in [0.4, 0.5) is 11.4 Å². The maximum absolute atomic E-state index is 11.9. The number of halogens is 1. The highest BCUT2D eigenvalue weighted by molar-refractivity contribution is 6.30. The Bertz CT molecular complexity index is 644. The van der Waals surface area contributed by atoms with Crippen molar-refractivity contribution in [1.29, 1.82) is 0 Å². The van der Waals surface area contributed by atoms with Crippen LogP contribution in [0.15, 0.2) is 42.5 Å². The number of carbonyl (C=O) groups excluding carboxylic acids is 1. The molecule has 1 amide bonds. The average Bonchev–Trinajstić information content (AvgIpc) is 2.54. The standard InChI is InChI=1S/C16H17ClN2O3/c1-21-13-6-4-12(5-7-13)19-16(20)10-18-14-9-11(17)3-8-15(14)22-2/h3-9,18H,10H2,1-2H3,(H,19,20). The maximum atomic E-state index is 11.9. The van der Waals surface area contributed by atoms with Gasteiger partial charge in [0, 0.05) is 10.7 Å². The quantitative estimate of drug-likeness (QED) is 0.856. The van der Waals surface area contributed by atoms with Gasteiger partial charge in [0.1, 0.15) is 11.5 Å². The van der Waals surface area contributed by atoms with Gasteiger partial charge in [-0.05, 0) is 42.5 Å². The molecule has 2 aromatic carbocycles. The van der Waals surface area contributed by atoms with E-state index in [9.17, 15) is 4.79 Å². The number of nitrogens with one attached hydrogen (secondary N) is 2. The second kappa shape index (κ2) is 7.56. The van der Waals surface area contributed by atoms with Crippen LogP contribution < -0.4 is 20.1 Å². The molecule has 6 heteroatoms. The lowest BCUT2D eigenvalue weighted by molar-refractivity contribution is -0.114. The molecule has 22 heavy (non-hydrogen) atoms. The summed E-state index contributed by atoms with van der Waals surface area (Å²) in [5.74, 6) is 1.19. The summed E-state index contributed by atoms with van der Waals surface area (Å²) in [4.78, 5) is 11.9. The van der Waals surface area contributed by atoms with Crippen LogP contribution in [-0.4, -0.2) is 26.7 Å². The van der Waals surface area contributed by atoms with Gasteiger partial charge in [-0.15, -0.1) is 0 Å². The van der Waals surface area contributed by atoms with Crippen molar-refractivity contribution in [2.75, 3.05) is 31.4 Å². The minimum Gasteiger partial charge on any atom is -0.497 e. The van der Waals surface area contributed by atoms with Crippen LogP contribution in [0, 0.1) is 0 Å². The third kappa shape index (κ3) is 4.30. The fraction of sp³-hybridized carbons (Fsp3) is 0.188. The summed E-state index contributed by atoms with van der Waals surface area (Å²) in [7, 11) is 3.15. The largest absolute Gasteiger partial charge is 0.497 e. The lowest BCUT2D eigenvalue weighted by atomic mass is 10.3. The number of methoxy groups -OCH3 is 2. The summed E-state index contributed by atoms with van der Waals surface area (Å²) >= 11 is 5.94. The van der Waals surface area contributed by atoms with Crippen molar-refractivity contribution in [2.24, 2.45) is 0 Å². The zero-order valence-corrected chi connectivity index (χ0v) is 13.1. The van der Waals surface area contributed by atoms with Crippen LogP contribution in [0.5, 0.6) is 11.5 Å². The zero-order valence-electron chi connectivity index (χ0n) is 12.4. The van der Waals surface area contributed by atoms with Crippen LogP contribution in [0.2, 0.25) is 5.02 Å². The molecule has 0 atom stereocenters. The molecule has 0 saturated carbocycles. The van der Waals surface area contributed by atoms with Crippen molar-refractivity contribution in [3.8, 4) is 11.5 Å². The topological polar surface area (TPSA) is 59.6 Å². The second-order valence-corrected chi connectivity index (χ2v) is 4.91. The van der Waals surface area contributed by atoms with Crippen molar-refractivity contribution in [3.05, 3.63) is 47.5 Å². The average molecular weight is 321 g/mol. The van der Waals surface area contributed by atoms with Gasteiger partial charge in [-0.2, -0.15) is 0 Å². The molecule has 0 saturated heterocycles. The van der Waals surface area contributed by atoms with Crippen LogP contribution in [0.1, 0.15) is 0 Å².